The van der Waals surface area contributed by atoms with E-state index in [1.807, 2.05) is 7.05 Å². The van der Waals surface area contributed by atoms with E-state index in [2.05, 4.69) is 24.3 Å². The Labute approximate surface area is 83.9 Å². The van der Waals surface area contributed by atoms with Crippen LogP contribution in [-0.4, -0.2) is 28.0 Å². The molecule has 5 nitrogen and oxygen atoms in total. The van der Waals surface area contributed by atoms with Crippen LogP contribution < -0.4 is 11.1 Å². The van der Waals surface area contributed by atoms with Crippen LogP contribution >= 0.6 is 0 Å². The maximum atomic E-state index is 8.69. The van der Waals surface area contributed by atoms with Crippen LogP contribution in [-0.2, 0) is 7.05 Å². The van der Waals surface area contributed by atoms with E-state index in [0.29, 0.717) is 18.2 Å². The molecule has 1 heterocycles. The van der Waals surface area contributed by atoms with Crippen molar-refractivity contribution in [1.82, 2.24) is 9.78 Å². The van der Waals surface area contributed by atoms with Crippen LogP contribution in [0.2, 0.25) is 0 Å². The molecule has 0 aliphatic carbocycles. The first-order valence-electron chi connectivity index (χ1n) is 4.75. The number of nitrogen functional groups attached to an aromatic ring is 1. The maximum absolute atomic E-state index is 8.69. The quantitative estimate of drug-likeness (QED) is 0.659. The van der Waals surface area contributed by atoms with Gasteiger partial charge < -0.3 is 16.2 Å². The summed E-state index contributed by atoms with van der Waals surface area (Å²) in [6.07, 6.45) is 0. The van der Waals surface area contributed by atoms with Gasteiger partial charge in [-0.05, 0) is 5.92 Å². The van der Waals surface area contributed by atoms with E-state index in [-0.39, 0.29) is 6.61 Å². The summed E-state index contributed by atoms with van der Waals surface area (Å²) in [4.78, 5) is 0. The first kappa shape index (κ1) is 10.8. The standard InChI is InChI=1S/C9H18N4O/c1-6(2)8-7(10)9(11-4-5-14)13(3)12-8/h6,11,14H,4-5,10H2,1-3H3. The summed E-state index contributed by atoms with van der Waals surface area (Å²) in [5, 5.41) is 16.0. The van der Waals surface area contributed by atoms with E-state index in [0.717, 1.165) is 11.5 Å². The number of anilines is 2. The van der Waals surface area contributed by atoms with Crippen molar-refractivity contribution in [3.8, 4) is 0 Å². The van der Waals surface area contributed by atoms with E-state index in [1.165, 1.54) is 0 Å². The molecule has 0 atom stereocenters. The number of nitrogens with two attached hydrogens (primary N) is 1. The summed E-state index contributed by atoms with van der Waals surface area (Å²) in [5.74, 6) is 1.09. The minimum atomic E-state index is 0.0850. The van der Waals surface area contributed by atoms with Crippen molar-refractivity contribution in [3.05, 3.63) is 5.69 Å². The first-order chi connectivity index (χ1) is 6.57. The van der Waals surface area contributed by atoms with Crippen molar-refractivity contribution in [2.24, 2.45) is 7.05 Å². The fourth-order valence-corrected chi connectivity index (χ4v) is 1.37. The third-order valence-corrected chi connectivity index (χ3v) is 2.06. The lowest BCUT2D eigenvalue weighted by Crippen LogP contribution is -2.10. The molecule has 80 valence electrons. The number of hydrogen-bond donors (Lipinski definition) is 3. The molecule has 14 heavy (non-hydrogen) atoms. The zero-order chi connectivity index (χ0) is 10.7. The van der Waals surface area contributed by atoms with Crippen LogP contribution in [0, 0.1) is 0 Å². The molecule has 0 amide bonds. The first-order valence-corrected chi connectivity index (χ1v) is 4.75. The molecular weight excluding hydrogens is 180 g/mol. The molecule has 1 rings (SSSR count). The Morgan fingerprint density at radius 2 is 2.21 bits per heavy atom. The summed E-state index contributed by atoms with van der Waals surface area (Å²) >= 11 is 0. The van der Waals surface area contributed by atoms with Crippen molar-refractivity contribution in [3.63, 3.8) is 0 Å². The van der Waals surface area contributed by atoms with Gasteiger partial charge in [0.25, 0.3) is 0 Å². The number of aromatic nitrogens is 2. The highest BCUT2D eigenvalue weighted by atomic mass is 16.3. The van der Waals surface area contributed by atoms with Gasteiger partial charge in [0.15, 0.2) is 0 Å². The van der Waals surface area contributed by atoms with Gasteiger partial charge in [0.1, 0.15) is 5.82 Å². The van der Waals surface area contributed by atoms with Crippen molar-refractivity contribution in [2.75, 3.05) is 24.2 Å². The molecule has 0 unspecified atom stereocenters. The Hall–Kier alpha value is -1.23. The van der Waals surface area contributed by atoms with Crippen molar-refractivity contribution < 1.29 is 5.11 Å². The van der Waals surface area contributed by atoms with Gasteiger partial charge in [0.2, 0.25) is 0 Å². The lowest BCUT2D eigenvalue weighted by molar-refractivity contribution is 0.311. The van der Waals surface area contributed by atoms with Crippen LogP contribution in [0.4, 0.5) is 11.5 Å². The largest absolute Gasteiger partial charge is 0.395 e. The molecule has 5 heteroatoms. The molecule has 0 spiro atoms. The summed E-state index contributed by atoms with van der Waals surface area (Å²) in [6.45, 7) is 4.67. The average Bonchev–Trinajstić information content (AvgIpc) is 2.40. The van der Waals surface area contributed by atoms with Gasteiger partial charge in [-0.3, -0.25) is 4.68 Å². The summed E-state index contributed by atoms with van der Waals surface area (Å²) < 4.78 is 1.71. The van der Waals surface area contributed by atoms with Crippen LogP contribution in [0.1, 0.15) is 25.5 Å². The third kappa shape index (κ3) is 1.98. The fraction of sp³-hybridized carbons (Fsp3) is 0.667. The number of hydrogen-bond acceptors (Lipinski definition) is 4. The molecule has 1 aromatic rings. The van der Waals surface area contributed by atoms with E-state index >= 15 is 0 Å². The molecule has 1 aromatic heterocycles. The zero-order valence-corrected chi connectivity index (χ0v) is 8.91. The maximum Gasteiger partial charge on any atom is 0.147 e. The predicted octanol–water partition coefficient (Wildman–Crippen LogP) is 0.530. The second-order valence-corrected chi connectivity index (χ2v) is 3.58. The number of nitrogens with one attached hydrogen (secondary N) is 1. The van der Waals surface area contributed by atoms with Crippen LogP contribution in [0.15, 0.2) is 0 Å². The number of nitrogens with zero attached hydrogens (tertiary/aromatic N) is 2. The van der Waals surface area contributed by atoms with Crippen molar-refractivity contribution in [2.45, 2.75) is 19.8 Å². The SMILES string of the molecule is CC(C)c1nn(C)c(NCCO)c1N. The minimum Gasteiger partial charge on any atom is -0.395 e. The lowest BCUT2D eigenvalue weighted by Gasteiger charge is -2.05. The third-order valence-electron chi connectivity index (χ3n) is 2.06. The van der Waals surface area contributed by atoms with E-state index < -0.39 is 0 Å². The van der Waals surface area contributed by atoms with Crippen molar-refractivity contribution >= 4 is 11.5 Å². The van der Waals surface area contributed by atoms with Crippen LogP contribution in [0.5, 0.6) is 0 Å². The van der Waals surface area contributed by atoms with Gasteiger partial charge in [-0.2, -0.15) is 5.10 Å². The number of aryl methyl sites for hydroxylation is 1. The Morgan fingerprint density at radius 1 is 1.57 bits per heavy atom. The Balaban J connectivity index is 2.93. The summed E-state index contributed by atoms with van der Waals surface area (Å²) in [7, 11) is 1.84. The summed E-state index contributed by atoms with van der Waals surface area (Å²) in [6, 6.07) is 0. The molecule has 0 radical (unpaired) electrons. The van der Waals surface area contributed by atoms with E-state index in [1.54, 1.807) is 4.68 Å². The molecule has 0 saturated carbocycles. The molecule has 0 bridgehead atoms. The minimum absolute atomic E-state index is 0.0850. The molecule has 0 aromatic carbocycles. The highest BCUT2D eigenvalue weighted by molar-refractivity contribution is 5.65. The second-order valence-electron chi connectivity index (χ2n) is 3.58. The Bertz CT molecular complexity index is 306. The average molecular weight is 198 g/mol. The summed E-state index contributed by atoms with van der Waals surface area (Å²) in [5.41, 5.74) is 7.49. The molecule has 0 fully saturated rings. The fourth-order valence-electron chi connectivity index (χ4n) is 1.37. The predicted molar refractivity (Wildman–Crippen MR) is 57.3 cm³/mol. The van der Waals surface area contributed by atoms with Gasteiger partial charge in [0, 0.05) is 13.6 Å². The van der Waals surface area contributed by atoms with Crippen LogP contribution in [0.3, 0.4) is 0 Å². The molecule has 0 aliphatic heterocycles. The van der Waals surface area contributed by atoms with Gasteiger partial charge in [-0.25, -0.2) is 0 Å². The highest BCUT2D eigenvalue weighted by Crippen LogP contribution is 2.27. The van der Waals surface area contributed by atoms with Crippen LogP contribution in [0.25, 0.3) is 0 Å². The topological polar surface area (TPSA) is 76.1 Å². The number of aliphatic hydroxyl groups excluding tert-OH is 1. The van der Waals surface area contributed by atoms with Gasteiger partial charge in [-0.15, -0.1) is 0 Å². The molecule has 0 aliphatic rings. The number of aliphatic hydroxyl groups is 1. The highest BCUT2D eigenvalue weighted by Gasteiger charge is 2.14. The van der Waals surface area contributed by atoms with Crippen molar-refractivity contribution in [1.29, 1.82) is 0 Å². The second kappa shape index (κ2) is 4.32. The Kier molecular flexibility index (Phi) is 3.35. The van der Waals surface area contributed by atoms with E-state index in [9.17, 15) is 0 Å². The zero-order valence-electron chi connectivity index (χ0n) is 8.91. The molecule has 0 saturated heterocycles. The molecular formula is C9H18N4O. The van der Waals surface area contributed by atoms with E-state index in [4.69, 9.17) is 10.8 Å². The monoisotopic (exact) mass is 198 g/mol. The smallest absolute Gasteiger partial charge is 0.147 e. The number of rotatable bonds is 4. The Morgan fingerprint density at radius 3 is 2.64 bits per heavy atom. The molecule has 4 N–H and O–H groups in total. The van der Waals surface area contributed by atoms with Gasteiger partial charge in [0.05, 0.1) is 18.0 Å². The normalized spacial score (nSPS) is 10.9. The van der Waals surface area contributed by atoms with Gasteiger partial charge in [-0.1, -0.05) is 13.8 Å². The van der Waals surface area contributed by atoms with Gasteiger partial charge >= 0.3 is 0 Å². The lowest BCUT2D eigenvalue weighted by atomic mass is 10.1.